The molecule has 25 heavy (non-hydrogen) atoms. The first kappa shape index (κ1) is 17.6. The summed E-state index contributed by atoms with van der Waals surface area (Å²) < 4.78 is 32.8. The Bertz CT molecular complexity index is 794. The lowest BCUT2D eigenvalue weighted by molar-refractivity contribution is -0.131. The SMILES string of the molecule is Cc1ccc(C(C)(O)CNC(=O)C2(c3ccc(F)cc3F)CCC2)o1. The van der Waals surface area contributed by atoms with Crippen LogP contribution in [0.4, 0.5) is 8.78 Å². The van der Waals surface area contributed by atoms with Gasteiger partial charge in [0.1, 0.15) is 28.8 Å². The predicted molar refractivity (Wildman–Crippen MR) is 87.9 cm³/mol. The molecule has 1 heterocycles. The molecule has 1 aliphatic carbocycles. The Morgan fingerprint density at radius 1 is 1.32 bits per heavy atom. The first-order valence-corrected chi connectivity index (χ1v) is 8.28. The molecule has 1 aromatic carbocycles. The Balaban J connectivity index is 1.77. The fourth-order valence-electron chi connectivity index (χ4n) is 3.26. The molecule has 2 aromatic rings. The van der Waals surface area contributed by atoms with Crippen molar-refractivity contribution in [3.05, 3.63) is 59.1 Å². The van der Waals surface area contributed by atoms with Gasteiger partial charge in [0.2, 0.25) is 5.91 Å². The van der Waals surface area contributed by atoms with Crippen LogP contribution in [0, 0.1) is 18.6 Å². The van der Waals surface area contributed by atoms with E-state index in [4.69, 9.17) is 4.42 Å². The van der Waals surface area contributed by atoms with Gasteiger partial charge in [0.25, 0.3) is 0 Å². The van der Waals surface area contributed by atoms with Crippen molar-refractivity contribution in [1.82, 2.24) is 5.32 Å². The summed E-state index contributed by atoms with van der Waals surface area (Å²) in [6, 6.07) is 6.67. The van der Waals surface area contributed by atoms with Gasteiger partial charge in [-0.1, -0.05) is 12.5 Å². The van der Waals surface area contributed by atoms with Gasteiger partial charge in [-0.3, -0.25) is 4.79 Å². The molecule has 1 aliphatic rings. The van der Waals surface area contributed by atoms with E-state index >= 15 is 0 Å². The van der Waals surface area contributed by atoms with Gasteiger partial charge in [0, 0.05) is 11.6 Å². The normalized spacial score (nSPS) is 18.3. The highest BCUT2D eigenvalue weighted by molar-refractivity contribution is 5.89. The van der Waals surface area contributed by atoms with Crippen LogP contribution < -0.4 is 5.32 Å². The summed E-state index contributed by atoms with van der Waals surface area (Å²) in [5.74, 6) is -0.755. The van der Waals surface area contributed by atoms with Crippen molar-refractivity contribution in [2.75, 3.05) is 6.54 Å². The van der Waals surface area contributed by atoms with Crippen LogP contribution in [0.3, 0.4) is 0 Å². The van der Waals surface area contributed by atoms with E-state index in [9.17, 15) is 18.7 Å². The summed E-state index contributed by atoms with van der Waals surface area (Å²) in [5, 5.41) is 13.2. The van der Waals surface area contributed by atoms with E-state index in [1.54, 1.807) is 19.1 Å². The summed E-state index contributed by atoms with van der Waals surface area (Å²) in [6.45, 7) is 3.24. The molecular weight excluding hydrogens is 328 g/mol. The topological polar surface area (TPSA) is 62.5 Å². The molecule has 1 aromatic heterocycles. The number of aryl methyl sites for hydroxylation is 1. The highest BCUT2D eigenvalue weighted by Gasteiger charge is 2.47. The third-order valence-corrected chi connectivity index (χ3v) is 4.95. The second-order valence-corrected chi connectivity index (χ2v) is 6.93. The van der Waals surface area contributed by atoms with Gasteiger partial charge in [-0.25, -0.2) is 8.78 Å². The van der Waals surface area contributed by atoms with Crippen LogP contribution in [0.5, 0.6) is 0 Å². The van der Waals surface area contributed by atoms with Crippen molar-refractivity contribution in [2.45, 2.75) is 44.1 Å². The predicted octanol–water partition coefficient (Wildman–Crippen LogP) is 3.31. The quantitative estimate of drug-likeness (QED) is 0.870. The number of furan rings is 1. The van der Waals surface area contributed by atoms with Crippen LogP contribution in [-0.2, 0) is 15.8 Å². The molecule has 0 spiro atoms. The van der Waals surface area contributed by atoms with Gasteiger partial charge in [-0.2, -0.15) is 0 Å². The molecule has 3 rings (SSSR count). The number of nitrogens with one attached hydrogen (secondary N) is 1. The largest absolute Gasteiger partial charge is 0.463 e. The molecule has 4 nitrogen and oxygen atoms in total. The third kappa shape index (κ3) is 3.18. The maximum atomic E-state index is 14.2. The average Bonchev–Trinajstić information content (AvgIpc) is 2.94. The zero-order valence-electron chi connectivity index (χ0n) is 14.2. The summed E-state index contributed by atoms with van der Waals surface area (Å²) in [6.07, 6.45) is 1.77. The number of rotatable bonds is 5. The van der Waals surface area contributed by atoms with Gasteiger partial charge < -0.3 is 14.8 Å². The Kier molecular flexibility index (Phi) is 4.41. The monoisotopic (exact) mass is 349 g/mol. The lowest BCUT2D eigenvalue weighted by Gasteiger charge is -2.41. The molecule has 134 valence electrons. The van der Waals surface area contributed by atoms with Crippen LogP contribution in [0.15, 0.2) is 34.7 Å². The van der Waals surface area contributed by atoms with Crippen LogP contribution >= 0.6 is 0 Å². The average molecular weight is 349 g/mol. The van der Waals surface area contributed by atoms with Crippen molar-refractivity contribution in [2.24, 2.45) is 0 Å². The van der Waals surface area contributed by atoms with E-state index in [0.717, 1.165) is 18.6 Å². The number of amides is 1. The molecule has 1 fully saturated rings. The van der Waals surface area contributed by atoms with E-state index in [1.807, 2.05) is 0 Å². The molecule has 6 heteroatoms. The van der Waals surface area contributed by atoms with Crippen molar-refractivity contribution in [3.8, 4) is 0 Å². The molecule has 1 saturated carbocycles. The number of carbonyl (C=O) groups is 1. The maximum absolute atomic E-state index is 14.2. The first-order chi connectivity index (χ1) is 11.7. The Morgan fingerprint density at radius 3 is 2.56 bits per heavy atom. The highest BCUT2D eigenvalue weighted by atomic mass is 19.1. The van der Waals surface area contributed by atoms with E-state index in [-0.39, 0.29) is 18.0 Å². The molecule has 1 amide bonds. The van der Waals surface area contributed by atoms with E-state index in [2.05, 4.69) is 5.32 Å². The molecule has 0 bridgehead atoms. The van der Waals surface area contributed by atoms with Crippen molar-refractivity contribution >= 4 is 5.91 Å². The molecule has 0 saturated heterocycles. The summed E-state index contributed by atoms with van der Waals surface area (Å²) in [5.41, 5.74) is -2.19. The molecule has 1 atom stereocenters. The fourth-order valence-corrected chi connectivity index (χ4v) is 3.26. The molecule has 0 radical (unpaired) electrons. The zero-order valence-corrected chi connectivity index (χ0v) is 14.2. The minimum Gasteiger partial charge on any atom is -0.463 e. The maximum Gasteiger partial charge on any atom is 0.230 e. The Hall–Kier alpha value is -2.21. The third-order valence-electron chi connectivity index (χ3n) is 4.95. The van der Waals surface area contributed by atoms with Gasteiger partial charge in [0.15, 0.2) is 0 Å². The summed E-state index contributed by atoms with van der Waals surface area (Å²) in [7, 11) is 0. The number of hydrogen-bond donors (Lipinski definition) is 2. The smallest absolute Gasteiger partial charge is 0.230 e. The van der Waals surface area contributed by atoms with Crippen LogP contribution in [0.1, 0.15) is 43.3 Å². The van der Waals surface area contributed by atoms with E-state index in [1.165, 1.54) is 13.0 Å². The van der Waals surface area contributed by atoms with Gasteiger partial charge in [-0.15, -0.1) is 0 Å². The second-order valence-electron chi connectivity index (χ2n) is 6.93. The van der Waals surface area contributed by atoms with Gasteiger partial charge in [-0.05, 0) is 44.9 Å². The van der Waals surface area contributed by atoms with Crippen LogP contribution in [-0.4, -0.2) is 17.6 Å². The lowest BCUT2D eigenvalue weighted by Crippen LogP contribution is -2.52. The second kappa shape index (κ2) is 6.26. The minimum atomic E-state index is -1.38. The van der Waals surface area contributed by atoms with Crippen molar-refractivity contribution < 1.29 is 23.1 Å². The number of carbonyl (C=O) groups excluding carboxylic acids is 1. The van der Waals surface area contributed by atoms with Gasteiger partial charge >= 0.3 is 0 Å². The molecule has 1 unspecified atom stereocenters. The Morgan fingerprint density at radius 2 is 2.04 bits per heavy atom. The minimum absolute atomic E-state index is 0.0661. The summed E-state index contributed by atoms with van der Waals surface area (Å²) in [4.78, 5) is 12.8. The van der Waals surface area contributed by atoms with Gasteiger partial charge in [0.05, 0.1) is 12.0 Å². The molecular formula is C19H21F2NO3. The Labute approximate surface area is 144 Å². The number of benzene rings is 1. The summed E-state index contributed by atoms with van der Waals surface area (Å²) >= 11 is 0. The zero-order chi connectivity index (χ0) is 18.2. The van der Waals surface area contributed by atoms with Crippen LogP contribution in [0.25, 0.3) is 0 Å². The fraction of sp³-hybridized carbons (Fsp3) is 0.421. The number of aliphatic hydroxyl groups is 1. The standard InChI is InChI=1S/C19H21F2NO3/c1-12-4-7-16(25-12)18(2,24)11-22-17(23)19(8-3-9-19)14-6-5-13(20)10-15(14)21/h4-7,10,24H,3,8-9,11H2,1-2H3,(H,22,23). The van der Waals surface area contributed by atoms with E-state index in [0.29, 0.717) is 24.4 Å². The van der Waals surface area contributed by atoms with Crippen molar-refractivity contribution in [1.29, 1.82) is 0 Å². The molecule has 2 N–H and O–H groups in total. The van der Waals surface area contributed by atoms with E-state index < -0.39 is 22.7 Å². The van der Waals surface area contributed by atoms with Crippen molar-refractivity contribution in [3.63, 3.8) is 0 Å². The number of halogens is 2. The lowest BCUT2D eigenvalue weighted by atomic mass is 9.63. The molecule has 0 aliphatic heterocycles. The number of hydrogen-bond acceptors (Lipinski definition) is 3. The van der Waals surface area contributed by atoms with Crippen LogP contribution in [0.2, 0.25) is 0 Å². The highest BCUT2D eigenvalue weighted by Crippen LogP contribution is 2.45. The first-order valence-electron chi connectivity index (χ1n) is 8.28.